The van der Waals surface area contributed by atoms with Crippen molar-refractivity contribution < 1.29 is 14.3 Å². The number of anilines is 1. The number of hydrogen-bond acceptors (Lipinski definition) is 3. The Labute approximate surface area is 127 Å². The van der Waals surface area contributed by atoms with E-state index in [9.17, 15) is 9.59 Å². The van der Waals surface area contributed by atoms with Crippen LogP contribution in [0.5, 0.6) is 0 Å². The van der Waals surface area contributed by atoms with Gasteiger partial charge in [-0.1, -0.05) is 17.7 Å². The summed E-state index contributed by atoms with van der Waals surface area (Å²) in [6.07, 6.45) is 0.690. The lowest BCUT2D eigenvalue weighted by Gasteiger charge is -2.14. The van der Waals surface area contributed by atoms with Crippen molar-refractivity contribution in [1.82, 2.24) is 4.98 Å². The molecule has 1 atom stereocenters. The van der Waals surface area contributed by atoms with Crippen molar-refractivity contribution in [3.8, 4) is 0 Å². The number of halogens is 1. The molecule has 0 spiro atoms. The number of amides is 1. The second-order valence-electron chi connectivity index (χ2n) is 4.58. The minimum absolute atomic E-state index is 0.300. The van der Waals surface area contributed by atoms with E-state index >= 15 is 0 Å². The van der Waals surface area contributed by atoms with Crippen LogP contribution in [0.2, 0.25) is 5.02 Å². The highest BCUT2D eigenvalue weighted by Crippen LogP contribution is 2.20. The maximum atomic E-state index is 12.0. The lowest BCUT2D eigenvalue weighted by atomic mass is 10.2. The van der Waals surface area contributed by atoms with Crippen molar-refractivity contribution in [2.24, 2.45) is 0 Å². The van der Waals surface area contributed by atoms with Gasteiger partial charge in [-0.25, -0.2) is 4.79 Å². The van der Waals surface area contributed by atoms with Crippen LogP contribution in [0.25, 0.3) is 0 Å². The molecule has 6 heteroatoms. The lowest BCUT2D eigenvalue weighted by molar-refractivity contribution is -0.123. The second kappa shape index (κ2) is 6.45. The van der Waals surface area contributed by atoms with Crippen LogP contribution in [0.1, 0.15) is 23.0 Å². The van der Waals surface area contributed by atoms with Gasteiger partial charge in [0.1, 0.15) is 5.69 Å². The van der Waals surface area contributed by atoms with Crippen LogP contribution in [-0.2, 0) is 9.53 Å². The van der Waals surface area contributed by atoms with Crippen LogP contribution >= 0.6 is 11.6 Å². The molecular formula is C15H15ClN2O3. The van der Waals surface area contributed by atoms with Crippen molar-refractivity contribution in [3.05, 3.63) is 52.8 Å². The molecule has 1 aromatic heterocycles. The van der Waals surface area contributed by atoms with Crippen molar-refractivity contribution >= 4 is 29.2 Å². The van der Waals surface area contributed by atoms with Gasteiger partial charge in [0, 0.05) is 16.9 Å². The molecule has 110 valence electrons. The fourth-order valence-electron chi connectivity index (χ4n) is 1.70. The number of hydrogen-bond donors (Lipinski definition) is 2. The van der Waals surface area contributed by atoms with Gasteiger partial charge in [-0.2, -0.15) is 0 Å². The van der Waals surface area contributed by atoms with E-state index in [1.807, 2.05) is 6.92 Å². The molecule has 0 fully saturated rings. The average Bonchev–Trinajstić information content (AvgIpc) is 2.97. The van der Waals surface area contributed by atoms with Gasteiger partial charge < -0.3 is 15.0 Å². The molecule has 0 saturated heterocycles. The molecule has 0 saturated carbocycles. The molecule has 1 amide bonds. The first-order valence-corrected chi connectivity index (χ1v) is 6.76. The Bertz CT molecular complexity index is 653. The van der Waals surface area contributed by atoms with Crippen LogP contribution in [-0.4, -0.2) is 23.0 Å². The largest absolute Gasteiger partial charge is 0.448 e. The van der Waals surface area contributed by atoms with Gasteiger partial charge in [0.15, 0.2) is 6.10 Å². The van der Waals surface area contributed by atoms with E-state index in [1.165, 1.54) is 6.92 Å². The number of benzene rings is 1. The van der Waals surface area contributed by atoms with Gasteiger partial charge in [0.05, 0.1) is 0 Å². The topological polar surface area (TPSA) is 71.2 Å². The van der Waals surface area contributed by atoms with E-state index in [-0.39, 0.29) is 0 Å². The smallest absolute Gasteiger partial charge is 0.355 e. The van der Waals surface area contributed by atoms with Crippen LogP contribution in [0.4, 0.5) is 5.69 Å². The summed E-state index contributed by atoms with van der Waals surface area (Å²) in [6.45, 7) is 3.36. The third-order valence-electron chi connectivity index (χ3n) is 2.93. The van der Waals surface area contributed by atoms with E-state index in [0.717, 1.165) is 5.56 Å². The van der Waals surface area contributed by atoms with Crippen LogP contribution in [0, 0.1) is 6.92 Å². The van der Waals surface area contributed by atoms with E-state index in [4.69, 9.17) is 16.3 Å². The average molecular weight is 307 g/mol. The standard InChI is InChI=1S/C15H15ClN2O3/c1-9-5-6-11(16)8-13(9)18-14(19)10(2)21-15(20)12-4-3-7-17-12/h3-8,10,17H,1-2H3,(H,18,19)/t10-/m1/s1. The number of nitrogens with one attached hydrogen (secondary N) is 2. The molecule has 21 heavy (non-hydrogen) atoms. The van der Waals surface area contributed by atoms with Gasteiger partial charge in [-0.3, -0.25) is 4.79 Å². The SMILES string of the molecule is Cc1ccc(Cl)cc1NC(=O)[C@@H](C)OC(=O)c1ccc[nH]1. The molecule has 0 aliphatic rings. The Hall–Kier alpha value is -2.27. The Morgan fingerprint density at radius 1 is 1.33 bits per heavy atom. The zero-order chi connectivity index (χ0) is 15.4. The summed E-state index contributed by atoms with van der Waals surface area (Å²) in [7, 11) is 0. The molecule has 2 N–H and O–H groups in total. The number of H-pyrrole nitrogens is 1. The molecule has 2 aromatic rings. The summed E-state index contributed by atoms with van der Waals surface area (Å²) in [5, 5.41) is 3.21. The monoisotopic (exact) mass is 306 g/mol. The maximum absolute atomic E-state index is 12.0. The first kappa shape index (κ1) is 15.1. The van der Waals surface area contributed by atoms with Crippen molar-refractivity contribution in [2.45, 2.75) is 20.0 Å². The number of carbonyl (C=O) groups is 2. The van der Waals surface area contributed by atoms with Gasteiger partial charge in [-0.15, -0.1) is 0 Å². The highest BCUT2D eigenvalue weighted by molar-refractivity contribution is 6.31. The molecule has 5 nitrogen and oxygen atoms in total. The fraction of sp³-hybridized carbons (Fsp3) is 0.200. The van der Waals surface area contributed by atoms with Crippen LogP contribution < -0.4 is 5.32 Å². The van der Waals surface area contributed by atoms with Crippen molar-refractivity contribution in [1.29, 1.82) is 0 Å². The molecular weight excluding hydrogens is 292 g/mol. The Morgan fingerprint density at radius 2 is 2.10 bits per heavy atom. The highest BCUT2D eigenvalue weighted by Gasteiger charge is 2.20. The van der Waals surface area contributed by atoms with E-state index in [1.54, 1.807) is 36.5 Å². The first-order valence-electron chi connectivity index (χ1n) is 6.39. The predicted octanol–water partition coefficient (Wildman–Crippen LogP) is 3.16. The third-order valence-corrected chi connectivity index (χ3v) is 3.16. The molecule has 1 heterocycles. The molecule has 0 aliphatic carbocycles. The van der Waals surface area contributed by atoms with E-state index < -0.39 is 18.0 Å². The summed E-state index contributed by atoms with van der Waals surface area (Å²) in [6, 6.07) is 8.44. The summed E-state index contributed by atoms with van der Waals surface area (Å²) < 4.78 is 5.08. The zero-order valence-corrected chi connectivity index (χ0v) is 12.4. The summed E-state index contributed by atoms with van der Waals surface area (Å²) in [5.41, 5.74) is 1.76. The van der Waals surface area contributed by atoms with Crippen LogP contribution in [0.3, 0.4) is 0 Å². The number of aryl methyl sites for hydroxylation is 1. The Morgan fingerprint density at radius 3 is 2.76 bits per heavy atom. The first-order chi connectivity index (χ1) is 9.97. The number of ether oxygens (including phenoxy) is 1. The lowest BCUT2D eigenvalue weighted by Crippen LogP contribution is -2.30. The highest BCUT2D eigenvalue weighted by atomic mass is 35.5. The summed E-state index contributed by atoms with van der Waals surface area (Å²) >= 11 is 5.89. The zero-order valence-electron chi connectivity index (χ0n) is 11.6. The number of esters is 1. The third kappa shape index (κ3) is 3.86. The summed E-state index contributed by atoms with van der Waals surface area (Å²) in [4.78, 5) is 26.5. The minimum atomic E-state index is -0.917. The molecule has 0 unspecified atom stereocenters. The fourth-order valence-corrected chi connectivity index (χ4v) is 1.87. The normalized spacial score (nSPS) is 11.8. The van der Waals surface area contributed by atoms with Crippen molar-refractivity contribution in [3.63, 3.8) is 0 Å². The second-order valence-corrected chi connectivity index (χ2v) is 5.02. The van der Waals surface area contributed by atoms with E-state index in [2.05, 4.69) is 10.3 Å². The van der Waals surface area contributed by atoms with Gasteiger partial charge >= 0.3 is 5.97 Å². The molecule has 0 radical (unpaired) electrons. The molecule has 0 bridgehead atoms. The minimum Gasteiger partial charge on any atom is -0.448 e. The Balaban J connectivity index is 1.99. The van der Waals surface area contributed by atoms with Crippen LogP contribution in [0.15, 0.2) is 36.5 Å². The predicted molar refractivity (Wildman–Crippen MR) is 80.5 cm³/mol. The van der Waals surface area contributed by atoms with Gasteiger partial charge in [-0.05, 0) is 43.7 Å². The Kier molecular flexibility index (Phi) is 4.65. The molecule has 0 aliphatic heterocycles. The maximum Gasteiger partial charge on any atom is 0.355 e. The van der Waals surface area contributed by atoms with Gasteiger partial charge in [0.25, 0.3) is 5.91 Å². The summed E-state index contributed by atoms with van der Waals surface area (Å²) in [5.74, 6) is -0.995. The number of carbonyl (C=O) groups excluding carboxylic acids is 2. The number of aromatic amines is 1. The number of aromatic nitrogens is 1. The van der Waals surface area contributed by atoms with E-state index in [0.29, 0.717) is 16.4 Å². The van der Waals surface area contributed by atoms with Gasteiger partial charge in [0.2, 0.25) is 0 Å². The molecule has 2 rings (SSSR count). The quantitative estimate of drug-likeness (QED) is 0.852. The molecule has 1 aromatic carbocycles. The number of rotatable bonds is 4. The van der Waals surface area contributed by atoms with Crippen molar-refractivity contribution in [2.75, 3.05) is 5.32 Å².